The maximum Gasteiger partial charge on any atom is 0.442 e. The zero-order chi connectivity index (χ0) is 28.1. The zero-order valence-electron chi connectivity index (χ0n) is 22.9. The molecule has 2 atom stereocenters. The molecule has 9 nitrogen and oxygen atoms in total. The molecule has 0 aromatic heterocycles. The lowest BCUT2D eigenvalue weighted by atomic mass is 9.93. The van der Waals surface area contributed by atoms with E-state index in [0.717, 1.165) is 0 Å². The third-order valence-corrected chi connectivity index (χ3v) is 7.45. The number of hydroxylamine groups is 2. The van der Waals surface area contributed by atoms with Gasteiger partial charge in [0.15, 0.2) is 9.84 Å². The summed E-state index contributed by atoms with van der Waals surface area (Å²) < 4.78 is 37.5. The normalized spacial score (nSPS) is 18.5. The number of hydrogen-bond acceptors (Lipinski definition) is 8. The number of rotatable bonds is 7. The number of ether oxygens (including phenoxy) is 2. The molecule has 1 aliphatic rings. The van der Waals surface area contributed by atoms with Gasteiger partial charge >= 0.3 is 6.09 Å². The molecule has 1 N–H and O–H groups in total. The van der Waals surface area contributed by atoms with Crippen molar-refractivity contribution in [2.24, 2.45) is 5.92 Å². The molecule has 2 aromatic rings. The van der Waals surface area contributed by atoms with Crippen molar-refractivity contribution in [2.45, 2.75) is 76.5 Å². The van der Waals surface area contributed by atoms with Gasteiger partial charge in [0.2, 0.25) is 0 Å². The molecule has 0 radical (unpaired) electrons. The van der Waals surface area contributed by atoms with Gasteiger partial charge in [0.05, 0.1) is 22.3 Å². The first-order valence-corrected chi connectivity index (χ1v) is 14.3. The fraction of sp³-hybridized carbons (Fsp3) is 0.500. The van der Waals surface area contributed by atoms with E-state index in [9.17, 15) is 18.0 Å². The molecular formula is C28H38N2O7S. The average Bonchev–Trinajstić information content (AvgIpc) is 2.81. The van der Waals surface area contributed by atoms with Crippen molar-refractivity contribution in [2.75, 3.05) is 12.3 Å². The van der Waals surface area contributed by atoms with Crippen LogP contribution in [0, 0.1) is 5.92 Å². The lowest BCUT2D eigenvalue weighted by molar-refractivity contribution is -0.216. The summed E-state index contributed by atoms with van der Waals surface area (Å²) >= 11 is 0. The van der Waals surface area contributed by atoms with Crippen molar-refractivity contribution in [3.05, 3.63) is 54.6 Å². The van der Waals surface area contributed by atoms with E-state index in [4.69, 9.17) is 14.3 Å². The van der Waals surface area contributed by atoms with Crippen molar-refractivity contribution >= 4 is 21.8 Å². The van der Waals surface area contributed by atoms with E-state index in [1.165, 1.54) is 12.1 Å². The van der Waals surface area contributed by atoms with E-state index in [2.05, 4.69) is 5.32 Å². The fourth-order valence-corrected chi connectivity index (χ4v) is 5.64. The van der Waals surface area contributed by atoms with Crippen LogP contribution >= 0.6 is 0 Å². The molecule has 2 aromatic carbocycles. The monoisotopic (exact) mass is 546 g/mol. The van der Waals surface area contributed by atoms with Crippen LogP contribution in [0.3, 0.4) is 0 Å². The zero-order valence-corrected chi connectivity index (χ0v) is 23.7. The van der Waals surface area contributed by atoms with Crippen molar-refractivity contribution in [3.8, 4) is 11.5 Å². The van der Waals surface area contributed by atoms with E-state index in [1.807, 2.05) is 30.3 Å². The SMILES string of the molecule is CC(C)(C)OC(=O)N(OC(C)(C)C)C(=O)C1CC(CS(=O)(=O)c2ccc(Oc3ccccc3)cc2)CCN1. The molecule has 1 heterocycles. The van der Waals surface area contributed by atoms with Gasteiger partial charge in [0.25, 0.3) is 5.91 Å². The summed E-state index contributed by atoms with van der Waals surface area (Å²) in [6.45, 7) is 10.7. The van der Waals surface area contributed by atoms with Crippen LogP contribution in [0.1, 0.15) is 54.4 Å². The van der Waals surface area contributed by atoms with Gasteiger partial charge in [-0.1, -0.05) is 18.2 Å². The molecular weight excluding hydrogens is 508 g/mol. The lowest BCUT2D eigenvalue weighted by Gasteiger charge is -2.35. The van der Waals surface area contributed by atoms with E-state index < -0.39 is 39.1 Å². The van der Waals surface area contributed by atoms with Crippen LogP contribution in [0.2, 0.25) is 0 Å². The Labute approximate surface area is 225 Å². The van der Waals surface area contributed by atoms with Gasteiger partial charge in [-0.2, -0.15) is 0 Å². The minimum Gasteiger partial charge on any atom is -0.457 e. The molecule has 10 heteroatoms. The van der Waals surface area contributed by atoms with Crippen LogP contribution < -0.4 is 10.1 Å². The number of hydrogen-bond donors (Lipinski definition) is 1. The average molecular weight is 547 g/mol. The minimum absolute atomic E-state index is 0.121. The van der Waals surface area contributed by atoms with Crippen LogP contribution in [-0.2, 0) is 24.2 Å². The summed E-state index contributed by atoms with van der Waals surface area (Å²) in [6, 6.07) is 14.7. The highest BCUT2D eigenvalue weighted by Gasteiger charge is 2.39. The number of amides is 2. The van der Waals surface area contributed by atoms with Gasteiger partial charge in [-0.3, -0.25) is 9.63 Å². The van der Waals surface area contributed by atoms with Crippen LogP contribution in [0.15, 0.2) is 59.5 Å². The summed E-state index contributed by atoms with van der Waals surface area (Å²) in [4.78, 5) is 32.0. The molecule has 208 valence electrons. The Bertz CT molecular complexity index is 1200. The Morgan fingerprint density at radius 2 is 1.53 bits per heavy atom. The minimum atomic E-state index is -3.62. The van der Waals surface area contributed by atoms with E-state index in [-0.39, 0.29) is 23.0 Å². The quantitative estimate of drug-likeness (QED) is 0.477. The molecule has 2 unspecified atom stereocenters. The molecule has 2 amide bonds. The third-order valence-electron chi connectivity index (χ3n) is 5.55. The first-order valence-electron chi connectivity index (χ1n) is 12.7. The van der Waals surface area contributed by atoms with Crippen molar-refractivity contribution in [1.29, 1.82) is 0 Å². The Morgan fingerprint density at radius 3 is 2.11 bits per heavy atom. The van der Waals surface area contributed by atoms with Gasteiger partial charge in [0.1, 0.15) is 17.1 Å². The summed E-state index contributed by atoms with van der Waals surface area (Å²) in [7, 11) is -3.62. The number of para-hydroxylation sites is 1. The lowest BCUT2D eigenvalue weighted by Crippen LogP contribution is -2.54. The highest BCUT2D eigenvalue weighted by atomic mass is 32.2. The number of carbonyl (C=O) groups excluding carboxylic acids is 2. The predicted molar refractivity (Wildman–Crippen MR) is 143 cm³/mol. The van der Waals surface area contributed by atoms with E-state index >= 15 is 0 Å². The second-order valence-corrected chi connectivity index (χ2v) is 13.4. The summed E-state index contributed by atoms with van der Waals surface area (Å²) in [5, 5.41) is 3.76. The summed E-state index contributed by atoms with van der Waals surface area (Å²) in [5.41, 5.74) is -1.66. The highest BCUT2D eigenvalue weighted by molar-refractivity contribution is 7.91. The number of nitrogens with zero attached hydrogens (tertiary/aromatic N) is 1. The number of nitrogens with one attached hydrogen (secondary N) is 1. The maximum absolute atomic E-state index is 13.3. The highest BCUT2D eigenvalue weighted by Crippen LogP contribution is 2.27. The van der Waals surface area contributed by atoms with E-state index in [1.54, 1.807) is 53.7 Å². The van der Waals surface area contributed by atoms with Gasteiger partial charge in [-0.15, -0.1) is 5.06 Å². The number of sulfone groups is 1. The number of piperidine rings is 1. The summed E-state index contributed by atoms with van der Waals surface area (Å²) in [5.74, 6) is 0.168. The predicted octanol–water partition coefficient (Wildman–Crippen LogP) is 5.11. The first-order chi connectivity index (χ1) is 17.6. The van der Waals surface area contributed by atoms with Crippen LogP contribution in [-0.4, -0.2) is 55.0 Å². The van der Waals surface area contributed by atoms with Crippen molar-refractivity contribution in [1.82, 2.24) is 10.4 Å². The smallest absolute Gasteiger partial charge is 0.442 e. The molecule has 1 fully saturated rings. The first kappa shape index (κ1) is 29.6. The fourth-order valence-electron chi connectivity index (χ4n) is 3.97. The molecule has 0 spiro atoms. The van der Waals surface area contributed by atoms with Crippen molar-refractivity contribution < 1.29 is 32.3 Å². The molecule has 0 aliphatic carbocycles. The standard InChI is InChI=1S/C28H38N2O7S/c1-27(2,3)36-26(32)30(37-28(4,5)6)25(31)24-18-20(16-17-29-24)19-38(33,34)23-14-12-22(13-15-23)35-21-10-8-7-9-11-21/h7-15,20,24,29H,16-19H2,1-6H3. The maximum atomic E-state index is 13.3. The van der Waals surface area contributed by atoms with Gasteiger partial charge in [-0.25, -0.2) is 13.2 Å². The Balaban J connectivity index is 1.68. The molecule has 38 heavy (non-hydrogen) atoms. The molecule has 0 bridgehead atoms. The second kappa shape index (κ2) is 11.8. The van der Waals surface area contributed by atoms with E-state index in [0.29, 0.717) is 29.5 Å². The largest absolute Gasteiger partial charge is 0.457 e. The van der Waals surface area contributed by atoms with Crippen molar-refractivity contribution in [3.63, 3.8) is 0 Å². The van der Waals surface area contributed by atoms with Gasteiger partial charge < -0.3 is 14.8 Å². The number of benzene rings is 2. The molecule has 0 saturated carbocycles. The van der Waals surface area contributed by atoms with Crippen LogP contribution in [0.25, 0.3) is 0 Å². The third kappa shape index (κ3) is 8.82. The Hall–Kier alpha value is -2.95. The molecule has 3 rings (SSSR count). The van der Waals surface area contributed by atoms with Crippen LogP contribution in [0.5, 0.6) is 11.5 Å². The summed E-state index contributed by atoms with van der Waals surface area (Å²) in [6.07, 6.45) is -0.100. The number of imide groups is 1. The Morgan fingerprint density at radius 1 is 0.921 bits per heavy atom. The van der Waals surface area contributed by atoms with Gasteiger partial charge in [0, 0.05) is 0 Å². The topological polar surface area (TPSA) is 111 Å². The molecule has 1 saturated heterocycles. The van der Waals surface area contributed by atoms with Crippen LogP contribution in [0.4, 0.5) is 4.79 Å². The molecule has 1 aliphatic heterocycles. The Kier molecular flexibility index (Phi) is 9.22. The van der Waals surface area contributed by atoms with Gasteiger partial charge in [-0.05, 0) is 103 Å². The second-order valence-electron chi connectivity index (χ2n) is 11.4. The number of carbonyl (C=O) groups is 2.